The second-order valence-electron chi connectivity index (χ2n) is 7.71. The molecule has 8 heteroatoms. The third-order valence-corrected chi connectivity index (χ3v) is 6.60. The summed E-state index contributed by atoms with van der Waals surface area (Å²) in [6.45, 7) is 5.23. The molecular weight excluding hydrogens is 415 g/mol. The quantitative estimate of drug-likeness (QED) is 0.476. The molecule has 1 aliphatic heterocycles. The van der Waals surface area contributed by atoms with Gasteiger partial charge in [-0.15, -0.1) is 11.3 Å². The minimum Gasteiger partial charge on any atom is -0.338 e. The molecule has 2 aromatic carbocycles. The van der Waals surface area contributed by atoms with Gasteiger partial charge in [0.25, 0.3) is 5.91 Å². The summed E-state index contributed by atoms with van der Waals surface area (Å²) in [5, 5.41) is 4.60. The van der Waals surface area contributed by atoms with E-state index >= 15 is 0 Å². The molecule has 0 aliphatic carbocycles. The highest BCUT2D eigenvalue weighted by Crippen LogP contribution is 2.29. The lowest BCUT2D eigenvalue weighted by molar-refractivity contribution is 0.0620. The lowest BCUT2D eigenvalue weighted by atomic mass is 10.1. The van der Waals surface area contributed by atoms with E-state index in [9.17, 15) is 9.18 Å². The van der Waals surface area contributed by atoms with Crippen LogP contribution in [0.2, 0.25) is 0 Å². The van der Waals surface area contributed by atoms with Crippen LogP contribution < -0.4 is 0 Å². The van der Waals surface area contributed by atoms with Crippen molar-refractivity contribution in [3.05, 3.63) is 70.7 Å². The topological polar surface area (TPSA) is 62.5 Å². The molecule has 0 N–H and O–H groups in total. The first-order valence-electron chi connectivity index (χ1n) is 10.2. The zero-order valence-electron chi connectivity index (χ0n) is 17.0. The van der Waals surface area contributed by atoms with Gasteiger partial charge in [-0.1, -0.05) is 41.1 Å². The SMILES string of the molecule is Cc1ccc(-c2noc(CN3CCN(C(=O)c4cc5c(F)cccc5s4)CC3)n2)cc1. The number of rotatable bonds is 4. The fourth-order valence-corrected chi connectivity index (χ4v) is 4.77. The number of piperazine rings is 1. The van der Waals surface area contributed by atoms with E-state index in [0.717, 1.165) is 10.3 Å². The van der Waals surface area contributed by atoms with Gasteiger partial charge < -0.3 is 9.42 Å². The Labute approximate surface area is 182 Å². The summed E-state index contributed by atoms with van der Waals surface area (Å²) in [5.41, 5.74) is 2.11. The second-order valence-corrected chi connectivity index (χ2v) is 8.79. The smallest absolute Gasteiger partial charge is 0.264 e. The molecule has 1 aliphatic rings. The Balaban J connectivity index is 1.20. The standard InChI is InChI=1S/C23H21FN4O2S/c1-15-5-7-16(8-6-15)22-25-21(30-26-22)14-27-9-11-28(12-10-27)23(29)20-13-17-18(24)3-2-4-19(17)31-20/h2-8,13H,9-12,14H2,1H3. The maximum Gasteiger partial charge on any atom is 0.264 e. The average molecular weight is 437 g/mol. The molecule has 1 amide bonds. The van der Waals surface area contributed by atoms with E-state index in [4.69, 9.17) is 4.52 Å². The number of fused-ring (bicyclic) bond motifs is 1. The molecule has 0 radical (unpaired) electrons. The van der Waals surface area contributed by atoms with Crippen molar-refractivity contribution in [3.63, 3.8) is 0 Å². The summed E-state index contributed by atoms with van der Waals surface area (Å²) < 4.78 is 20.2. The van der Waals surface area contributed by atoms with Crippen LogP contribution in [0.3, 0.4) is 0 Å². The van der Waals surface area contributed by atoms with Crippen molar-refractivity contribution >= 4 is 27.3 Å². The first kappa shape index (κ1) is 19.8. The number of carbonyl (C=O) groups excluding carboxylic acids is 1. The molecule has 5 rings (SSSR count). The number of aryl methyl sites for hydroxylation is 1. The number of carbonyl (C=O) groups is 1. The maximum absolute atomic E-state index is 13.9. The van der Waals surface area contributed by atoms with Crippen molar-refractivity contribution in [2.75, 3.05) is 26.2 Å². The minimum absolute atomic E-state index is 0.0419. The van der Waals surface area contributed by atoms with Gasteiger partial charge >= 0.3 is 0 Å². The molecule has 3 heterocycles. The number of thiophene rings is 1. The summed E-state index contributed by atoms with van der Waals surface area (Å²) in [4.78, 5) is 22.0. The third-order valence-electron chi connectivity index (χ3n) is 5.52. The van der Waals surface area contributed by atoms with E-state index in [0.29, 0.717) is 54.7 Å². The maximum atomic E-state index is 13.9. The molecule has 0 unspecified atom stereocenters. The minimum atomic E-state index is -0.290. The molecular formula is C23H21FN4O2S. The molecule has 0 saturated carbocycles. The predicted molar refractivity (Wildman–Crippen MR) is 117 cm³/mol. The van der Waals surface area contributed by atoms with E-state index in [1.165, 1.54) is 23.0 Å². The van der Waals surface area contributed by atoms with Crippen LogP contribution in [0.4, 0.5) is 4.39 Å². The summed E-state index contributed by atoms with van der Waals surface area (Å²) in [6.07, 6.45) is 0. The molecule has 2 aromatic heterocycles. The van der Waals surface area contributed by atoms with Gasteiger partial charge in [0.05, 0.1) is 11.4 Å². The van der Waals surface area contributed by atoms with Crippen molar-refractivity contribution in [1.82, 2.24) is 19.9 Å². The van der Waals surface area contributed by atoms with Gasteiger partial charge in [-0.3, -0.25) is 9.69 Å². The second kappa shape index (κ2) is 8.20. The number of nitrogens with zero attached hydrogens (tertiary/aromatic N) is 4. The number of halogens is 1. The highest BCUT2D eigenvalue weighted by atomic mass is 32.1. The van der Waals surface area contributed by atoms with Crippen LogP contribution in [0.5, 0.6) is 0 Å². The molecule has 0 spiro atoms. The predicted octanol–water partition coefficient (Wildman–Crippen LogP) is 4.36. The summed E-state index contributed by atoms with van der Waals surface area (Å²) in [7, 11) is 0. The molecule has 31 heavy (non-hydrogen) atoms. The van der Waals surface area contributed by atoms with Crippen LogP contribution in [0.1, 0.15) is 21.1 Å². The normalized spacial score (nSPS) is 15.0. The van der Waals surface area contributed by atoms with Crippen LogP contribution in [0.15, 0.2) is 53.1 Å². The summed E-state index contributed by atoms with van der Waals surface area (Å²) in [5.74, 6) is 0.818. The van der Waals surface area contributed by atoms with Gasteiger partial charge in [0.15, 0.2) is 0 Å². The van der Waals surface area contributed by atoms with Crippen LogP contribution in [0, 0.1) is 12.7 Å². The van der Waals surface area contributed by atoms with Gasteiger partial charge in [-0.2, -0.15) is 4.98 Å². The Bertz CT molecular complexity index is 1230. The van der Waals surface area contributed by atoms with Crippen LogP contribution in [-0.2, 0) is 6.54 Å². The Morgan fingerprint density at radius 3 is 2.65 bits per heavy atom. The number of hydrogen-bond acceptors (Lipinski definition) is 6. The molecule has 158 valence electrons. The van der Waals surface area contributed by atoms with Crippen LogP contribution in [-0.4, -0.2) is 52.0 Å². The Morgan fingerprint density at radius 2 is 1.90 bits per heavy atom. The van der Waals surface area contributed by atoms with Gasteiger partial charge in [-0.05, 0) is 25.1 Å². The number of benzene rings is 2. The lowest BCUT2D eigenvalue weighted by Crippen LogP contribution is -2.48. The fourth-order valence-electron chi connectivity index (χ4n) is 3.73. The van der Waals surface area contributed by atoms with E-state index in [2.05, 4.69) is 15.0 Å². The Kier molecular flexibility index (Phi) is 5.25. The molecule has 6 nitrogen and oxygen atoms in total. The van der Waals surface area contributed by atoms with Crippen molar-refractivity contribution in [2.24, 2.45) is 0 Å². The van der Waals surface area contributed by atoms with Gasteiger partial charge in [-0.25, -0.2) is 4.39 Å². The number of aromatic nitrogens is 2. The fraction of sp³-hybridized carbons (Fsp3) is 0.261. The Hall–Kier alpha value is -3.10. The van der Waals surface area contributed by atoms with Crippen molar-refractivity contribution in [3.8, 4) is 11.4 Å². The molecule has 4 aromatic rings. The molecule has 0 bridgehead atoms. The van der Waals surface area contributed by atoms with E-state index in [1.807, 2.05) is 42.2 Å². The Morgan fingerprint density at radius 1 is 1.13 bits per heavy atom. The summed E-state index contributed by atoms with van der Waals surface area (Å²) in [6, 6.07) is 14.6. The highest BCUT2D eigenvalue weighted by molar-refractivity contribution is 7.20. The van der Waals surface area contributed by atoms with Crippen LogP contribution >= 0.6 is 11.3 Å². The average Bonchev–Trinajstić information content (AvgIpc) is 3.42. The van der Waals surface area contributed by atoms with E-state index in [1.54, 1.807) is 12.1 Å². The first-order chi connectivity index (χ1) is 15.1. The third kappa shape index (κ3) is 4.08. The van der Waals surface area contributed by atoms with Gasteiger partial charge in [0.2, 0.25) is 11.7 Å². The molecule has 1 fully saturated rings. The van der Waals surface area contributed by atoms with Gasteiger partial charge in [0.1, 0.15) is 5.82 Å². The number of amides is 1. The van der Waals surface area contributed by atoms with Crippen molar-refractivity contribution < 1.29 is 13.7 Å². The largest absolute Gasteiger partial charge is 0.338 e. The van der Waals surface area contributed by atoms with Crippen molar-refractivity contribution in [1.29, 1.82) is 0 Å². The number of hydrogen-bond donors (Lipinski definition) is 0. The molecule has 1 saturated heterocycles. The van der Waals surface area contributed by atoms with Crippen LogP contribution in [0.25, 0.3) is 21.5 Å². The lowest BCUT2D eigenvalue weighted by Gasteiger charge is -2.33. The zero-order valence-corrected chi connectivity index (χ0v) is 17.9. The van der Waals surface area contributed by atoms with Crippen molar-refractivity contribution in [2.45, 2.75) is 13.5 Å². The van der Waals surface area contributed by atoms with E-state index in [-0.39, 0.29) is 11.7 Å². The van der Waals surface area contributed by atoms with Gasteiger partial charge in [0, 0.05) is 41.8 Å². The zero-order chi connectivity index (χ0) is 21.4. The molecule has 0 atom stereocenters. The summed E-state index contributed by atoms with van der Waals surface area (Å²) >= 11 is 1.34. The monoisotopic (exact) mass is 436 g/mol. The van der Waals surface area contributed by atoms with E-state index < -0.39 is 0 Å². The highest BCUT2D eigenvalue weighted by Gasteiger charge is 2.25. The first-order valence-corrected chi connectivity index (χ1v) is 11.0.